The Kier molecular flexibility index (Phi) is 4.32. The van der Waals surface area contributed by atoms with Gasteiger partial charge in [-0.25, -0.2) is 4.98 Å². The number of aromatic nitrogens is 4. The van der Waals surface area contributed by atoms with E-state index in [-0.39, 0.29) is 18.5 Å². The molecule has 1 atom stereocenters. The monoisotopic (exact) mass is 349 g/mol. The van der Waals surface area contributed by atoms with Crippen molar-refractivity contribution in [3.63, 3.8) is 0 Å². The maximum atomic E-state index is 12.8. The van der Waals surface area contributed by atoms with Gasteiger partial charge < -0.3 is 9.88 Å². The zero-order valence-electron chi connectivity index (χ0n) is 15.1. The summed E-state index contributed by atoms with van der Waals surface area (Å²) in [5.74, 6) is 0.952. The van der Waals surface area contributed by atoms with Crippen molar-refractivity contribution in [2.75, 3.05) is 6.54 Å². The molecule has 3 aromatic rings. The first-order chi connectivity index (χ1) is 12.6. The molecule has 0 spiro atoms. The molecule has 0 radical (unpaired) electrons. The molecule has 6 heteroatoms. The van der Waals surface area contributed by atoms with Gasteiger partial charge in [-0.1, -0.05) is 23.8 Å². The number of hydrogen-bond acceptors (Lipinski definition) is 3. The number of nitrogens with zero attached hydrogens (tertiary/aromatic N) is 4. The summed E-state index contributed by atoms with van der Waals surface area (Å²) in [6.07, 6.45) is 7.46. The molecule has 6 nitrogen and oxygen atoms in total. The second-order valence-electron chi connectivity index (χ2n) is 7.01. The summed E-state index contributed by atoms with van der Waals surface area (Å²) in [7, 11) is 0. The molecule has 26 heavy (non-hydrogen) atoms. The van der Waals surface area contributed by atoms with Crippen LogP contribution in [0.4, 0.5) is 0 Å². The highest BCUT2D eigenvalue weighted by molar-refractivity contribution is 5.76. The number of amides is 1. The largest absolute Gasteiger partial charge is 0.340 e. The highest BCUT2D eigenvalue weighted by Gasteiger charge is 2.32. The molecular formula is C20H23N5O. The Morgan fingerprint density at radius 3 is 2.92 bits per heavy atom. The lowest BCUT2D eigenvalue weighted by atomic mass is 10.1. The number of carbonyl (C=O) groups excluding carboxylic acids is 1. The lowest BCUT2D eigenvalue weighted by molar-refractivity contribution is -0.133. The maximum absolute atomic E-state index is 12.8. The number of aromatic amines is 1. The van der Waals surface area contributed by atoms with Crippen molar-refractivity contribution in [1.82, 2.24) is 24.6 Å². The fourth-order valence-corrected chi connectivity index (χ4v) is 3.60. The standard InChI is InChI=1S/C20H23N5O/c1-14-5-3-6-16(9-14)17-11-21-20(23-17)18-7-4-8-25(18)19(26)13-24-12-15(2)10-22-24/h3,5-6,9-12,18H,4,7-8,13H2,1-2H3,(H,21,23). The minimum Gasteiger partial charge on any atom is -0.340 e. The van der Waals surface area contributed by atoms with Crippen LogP contribution in [0.2, 0.25) is 0 Å². The third kappa shape index (κ3) is 3.27. The number of carbonyl (C=O) groups is 1. The van der Waals surface area contributed by atoms with E-state index >= 15 is 0 Å². The third-order valence-corrected chi connectivity index (χ3v) is 4.87. The Balaban J connectivity index is 1.52. The number of rotatable bonds is 4. The van der Waals surface area contributed by atoms with Gasteiger partial charge >= 0.3 is 0 Å². The predicted octanol–water partition coefficient (Wildman–Crippen LogP) is 3.25. The average Bonchev–Trinajstić information content (AvgIpc) is 3.34. The Bertz CT molecular complexity index is 926. The highest BCUT2D eigenvalue weighted by atomic mass is 16.2. The first-order valence-electron chi connectivity index (χ1n) is 9.00. The number of imidazole rings is 1. The zero-order valence-corrected chi connectivity index (χ0v) is 15.1. The molecule has 2 aromatic heterocycles. The van der Waals surface area contributed by atoms with E-state index in [0.29, 0.717) is 0 Å². The second kappa shape index (κ2) is 6.78. The molecule has 3 heterocycles. The molecule has 1 aliphatic rings. The highest BCUT2D eigenvalue weighted by Crippen LogP contribution is 2.31. The number of H-pyrrole nitrogens is 1. The average molecular weight is 349 g/mol. The smallest absolute Gasteiger partial charge is 0.244 e. The van der Waals surface area contributed by atoms with E-state index in [9.17, 15) is 4.79 Å². The summed E-state index contributed by atoms with van der Waals surface area (Å²) in [6.45, 7) is 5.09. The molecule has 1 fully saturated rings. The Morgan fingerprint density at radius 1 is 1.27 bits per heavy atom. The molecule has 0 aliphatic carbocycles. The molecule has 134 valence electrons. The molecule has 4 rings (SSSR count). The zero-order chi connectivity index (χ0) is 18.1. The summed E-state index contributed by atoms with van der Waals surface area (Å²) in [5, 5.41) is 4.22. The van der Waals surface area contributed by atoms with Gasteiger partial charge in [0.15, 0.2) is 0 Å². The number of nitrogens with one attached hydrogen (secondary N) is 1. The molecule has 0 bridgehead atoms. The van der Waals surface area contributed by atoms with E-state index in [2.05, 4.69) is 40.2 Å². The van der Waals surface area contributed by atoms with Gasteiger partial charge in [-0.05, 0) is 43.9 Å². The maximum Gasteiger partial charge on any atom is 0.244 e. The predicted molar refractivity (Wildman–Crippen MR) is 99.4 cm³/mol. The summed E-state index contributed by atoms with van der Waals surface area (Å²) in [4.78, 5) is 22.7. The molecule has 0 saturated carbocycles. The van der Waals surface area contributed by atoms with Crippen LogP contribution in [0.25, 0.3) is 11.3 Å². The van der Waals surface area contributed by atoms with Gasteiger partial charge in [-0.15, -0.1) is 0 Å². The summed E-state index contributed by atoms with van der Waals surface area (Å²) < 4.78 is 1.70. The summed E-state index contributed by atoms with van der Waals surface area (Å²) in [5.41, 5.74) is 4.38. The molecule has 1 N–H and O–H groups in total. The van der Waals surface area contributed by atoms with Gasteiger partial charge in [0.05, 0.1) is 24.1 Å². The van der Waals surface area contributed by atoms with Crippen LogP contribution in [0.3, 0.4) is 0 Å². The lowest BCUT2D eigenvalue weighted by Crippen LogP contribution is -2.34. The quantitative estimate of drug-likeness (QED) is 0.786. The Labute approximate surface area is 152 Å². The fraction of sp³-hybridized carbons (Fsp3) is 0.350. The Hall–Kier alpha value is -2.89. The lowest BCUT2D eigenvalue weighted by Gasteiger charge is -2.23. The number of benzene rings is 1. The molecule has 1 amide bonds. The van der Waals surface area contributed by atoms with E-state index in [1.165, 1.54) is 5.56 Å². The molecule has 1 saturated heterocycles. The molecule has 1 aromatic carbocycles. The van der Waals surface area contributed by atoms with Crippen molar-refractivity contribution in [2.24, 2.45) is 0 Å². The van der Waals surface area contributed by atoms with Gasteiger partial charge in [-0.3, -0.25) is 9.48 Å². The SMILES string of the molecule is Cc1cccc(-c2cnc(C3CCCN3C(=O)Cn3cc(C)cn3)[nH]2)c1. The van der Waals surface area contributed by atoms with E-state index in [4.69, 9.17) is 0 Å². The van der Waals surface area contributed by atoms with Crippen LogP contribution < -0.4 is 0 Å². The molecule has 1 unspecified atom stereocenters. The molecule has 1 aliphatic heterocycles. The van der Waals surface area contributed by atoms with E-state index < -0.39 is 0 Å². The van der Waals surface area contributed by atoms with Crippen LogP contribution in [0.1, 0.15) is 35.8 Å². The van der Waals surface area contributed by atoms with Crippen LogP contribution in [-0.2, 0) is 11.3 Å². The van der Waals surface area contributed by atoms with Crippen molar-refractivity contribution >= 4 is 5.91 Å². The van der Waals surface area contributed by atoms with Gasteiger partial charge in [0.2, 0.25) is 5.91 Å². The van der Waals surface area contributed by atoms with Crippen molar-refractivity contribution in [1.29, 1.82) is 0 Å². The van der Waals surface area contributed by atoms with Gasteiger partial charge in [0, 0.05) is 12.7 Å². The normalized spacial score (nSPS) is 17.0. The third-order valence-electron chi connectivity index (χ3n) is 4.87. The van der Waals surface area contributed by atoms with Crippen molar-refractivity contribution in [3.05, 3.63) is 59.8 Å². The van der Waals surface area contributed by atoms with Gasteiger partial charge in [-0.2, -0.15) is 5.10 Å². The van der Waals surface area contributed by atoms with E-state index in [0.717, 1.165) is 42.0 Å². The van der Waals surface area contributed by atoms with Crippen molar-refractivity contribution in [3.8, 4) is 11.3 Å². The van der Waals surface area contributed by atoms with Crippen LogP contribution in [0, 0.1) is 13.8 Å². The first kappa shape index (κ1) is 16.6. The minimum atomic E-state index is 0.0118. The minimum absolute atomic E-state index is 0.0118. The number of aryl methyl sites for hydroxylation is 2. The van der Waals surface area contributed by atoms with Crippen LogP contribution in [-0.4, -0.2) is 37.1 Å². The second-order valence-corrected chi connectivity index (χ2v) is 7.01. The number of hydrogen-bond donors (Lipinski definition) is 1. The number of likely N-dealkylation sites (tertiary alicyclic amines) is 1. The van der Waals surface area contributed by atoms with Crippen LogP contribution in [0.15, 0.2) is 42.9 Å². The van der Waals surface area contributed by atoms with Crippen molar-refractivity contribution in [2.45, 2.75) is 39.3 Å². The summed E-state index contributed by atoms with van der Waals surface area (Å²) >= 11 is 0. The van der Waals surface area contributed by atoms with E-state index in [1.54, 1.807) is 10.9 Å². The van der Waals surface area contributed by atoms with E-state index in [1.807, 2.05) is 30.3 Å². The summed E-state index contributed by atoms with van der Waals surface area (Å²) in [6, 6.07) is 8.34. The van der Waals surface area contributed by atoms with Crippen LogP contribution >= 0.6 is 0 Å². The Morgan fingerprint density at radius 2 is 2.15 bits per heavy atom. The van der Waals surface area contributed by atoms with Crippen LogP contribution in [0.5, 0.6) is 0 Å². The molecular weight excluding hydrogens is 326 g/mol. The van der Waals surface area contributed by atoms with Crippen molar-refractivity contribution < 1.29 is 4.79 Å². The van der Waals surface area contributed by atoms with Gasteiger partial charge in [0.25, 0.3) is 0 Å². The topological polar surface area (TPSA) is 66.8 Å². The fourth-order valence-electron chi connectivity index (χ4n) is 3.60. The first-order valence-corrected chi connectivity index (χ1v) is 9.00. The van der Waals surface area contributed by atoms with Gasteiger partial charge in [0.1, 0.15) is 12.4 Å².